The fourth-order valence-corrected chi connectivity index (χ4v) is 2.70. The van der Waals surface area contributed by atoms with Gasteiger partial charge in [0.25, 0.3) is 0 Å². The topological polar surface area (TPSA) is 52.6 Å². The van der Waals surface area contributed by atoms with Gasteiger partial charge < -0.3 is 9.47 Å². The Balaban J connectivity index is 2.22. The molecule has 0 spiro atoms. The van der Waals surface area contributed by atoms with E-state index in [0.717, 1.165) is 17.4 Å². The lowest BCUT2D eigenvalue weighted by molar-refractivity contribution is -0.139. The van der Waals surface area contributed by atoms with Crippen LogP contribution in [0.2, 0.25) is 0 Å². The molecule has 0 aliphatic heterocycles. The first-order chi connectivity index (χ1) is 10.0. The molecule has 2 rings (SSSR count). The van der Waals surface area contributed by atoms with E-state index in [0.29, 0.717) is 15.5 Å². The molecule has 0 atom stereocenters. The van der Waals surface area contributed by atoms with Crippen molar-refractivity contribution in [2.24, 2.45) is 0 Å². The molecule has 110 valence electrons. The van der Waals surface area contributed by atoms with Gasteiger partial charge in [0.1, 0.15) is 11.6 Å². The monoisotopic (exact) mass is 308 g/mol. The number of carbonyl (C=O) groups excluding carboxylic acids is 2. The SMILES string of the molecule is COC(=O)Cc1ccc(C(=O)c2ccc(OC)cc2F)s1. The van der Waals surface area contributed by atoms with Gasteiger partial charge in [-0.3, -0.25) is 9.59 Å². The summed E-state index contributed by atoms with van der Waals surface area (Å²) < 4.78 is 23.3. The van der Waals surface area contributed by atoms with Crippen molar-refractivity contribution in [2.75, 3.05) is 14.2 Å². The Morgan fingerprint density at radius 1 is 1.19 bits per heavy atom. The molecule has 2 aromatic rings. The van der Waals surface area contributed by atoms with Crippen molar-refractivity contribution >= 4 is 23.1 Å². The van der Waals surface area contributed by atoms with Crippen molar-refractivity contribution in [3.63, 3.8) is 0 Å². The van der Waals surface area contributed by atoms with Gasteiger partial charge in [0.05, 0.1) is 31.1 Å². The summed E-state index contributed by atoms with van der Waals surface area (Å²) in [5.74, 6) is -1.09. The molecule has 0 saturated carbocycles. The molecule has 0 radical (unpaired) electrons. The van der Waals surface area contributed by atoms with Crippen LogP contribution in [0.1, 0.15) is 20.1 Å². The predicted octanol–water partition coefficient (Wildman–Crippen LogP) is 2.84. The predicted molar refractivity (Wildman–Crippen MR) is 76.4 cm³/mol. The molecule has 0 saturated heterocycles. The van der Waals surface area contributed by atoms with Gasteiger partial charge in [0, 0.05) is 10.9 Å². The average molecular weight is 308 g/mol. The van der Waals surface area contributed by atoms with Crippen LogP contribution in [0.15, 0.2) is 30.3 Å². The largest absolute Gasteiger partial charge is 0.497 e. The Morgan fingerprint density at radius 3 is 2.57 bits per heavy atom. The van der Waals surface area contributed by atoms with Crippen molar-refractivity contribution < 1.29 is 23.5 Å². The van der Waals surface area contributed by atoms with Crippen molar-refractivity contribution in [3.05, 3.63) is 51.5 Å². The molecule has 0 aliphatic carbocycles. The minimum Gasteiger partial charge on any atom is -0.497 e. The maximum Gasteiger partial charge on any atom is 0.310 e. The van der Waals surface area contributed by atoms with Crippen molar-refractivity contribution in [1.82, 2.24) is 0 Å². The summed E-state index contributed by atoms with van der Waals surface area (Å²) in [6.45, 7) is 0. The molecular weight excluding hydrogens is 295 g/mol. The number of methoxy groups -OCH3 is 2. The van der Waals surface area contributed by atoms with Crippen LogP contribution in [0.3, 0.4) is 0 Å². The van der Waals surface area contributed by atoms with Crippen LogP contribution in [0, 0.1) is 5.82 Å². The van der Waals surface area contributed by atoms with Gasteiger partial charge in [-0.1, -0.05) is 0 Å². The lowest BCUT2D eigenvalue weighted by Crippen LogP contribution is -2.03. The average Bonchev–Trinajstić information content (AvgIpc) is 2.94. The number of hydrogen-bond donors (Lipinski definition) is 0. The molecule has 1 heterocycles. The lowest BCUT2D eigenvalue weighted by Gasteiger charge is -2.03. The van der Waals surface area contributed by atoms with Crippen LogP contribution in [-0.2, 0) is 16.0 Å². The van der Waals surface area contributed by atoms with Crippen molar-refractivity contribution in [3.8, 4) is 5.75 Å². The molecule has 0 N–H and O–H groups in total. The van der Waals surface area contributed by atoms with Crippen LogP contribution in [-0.4, -0.2) is 26.0 Å². The Kier molecular flexibility index (Phi) is 4.70. The minimum atomic E-state index is -0.637. The van der Waals surface area contributed by atoms with Crippen molar-refractivity contribution in [2.45, 2.75) is 6.42 Å². The molecule has 0 fully saturated rings. The second kappa shape index (κ2) is 6.49. The summed E-state index contributed by atoms with van der Waals surface area (Å²) in [7, 11) is 2.73. The number of benzene rings is 1. The smallest absolute Gasteiger partial charge is 0.310 e. The van der Waals surface area contributed by atoms with Gasteiger partial charge >= 0.3 is 5.97 Å². The van der Waals surface area contributed by atoms with Gasteiger partial charge in [-0.2, -0.15) is 0 Å². The highest BCUT2D eigenvalue weighted by Crippen LogP contribution is 2.24. The first kappa shape index (κ1) is 15.2. The third kappa shape index (κ3) is 3.46. The van der Waals surface area contributed by atoms with Crippen LogP contribution < -0.4 is 4.74 Å². The zero-order valence-electron chi connectivity index (χ0n) is 11.5. The van der Waals surface area contributed by atoms with E-state index in [-0.39, 0.29) is 18.0 Å². The van der Waals surface area contributed by atoms with Gasteiger partial charge in [-0.25, -0.2) is 4.39 Å². The summed E-state index contributed by atoms with van der Waals surface area (Å²) >= 11 is 1.15. The van der Waals surface area contributed by atoms with Gasteiger partial charge in [0.2, 0.25) is 5.78 Å². The molecule has 0 bridgehead atoms. The van der Waals surface area contributed by atoms with Gasteiger partial charge in [-0.15, -0.1) is 11.3 Å². The maximum absolute atomic E-state index is 13.9. The van der Waals surface area contributed by atoms with E-state index >= 15 is 0 Å². The molecule has 6 heteroatoms. The second-order valence-electron chi connectivity index (χ2n) is 4.19. The molecule has 1 aromatic carbocycles. The van der Waals surface area contributed by atoms with E-state index in [1.54, 1.807) is 12.1 Å². The third-order valence-corrected chi connectivity index (χ3v) is 3.94. The fraction of sp³-hybridized carbons (Fsp3) is 0.200. The third-order valence-electron chi connectivity index (χ3n) is 2.85. The van der Waals surface area contributed by atoms with E-state index in [1.165, 1.54) is 26.4 Å². The Morgan fingerprint density at radius 2 is 1.95 bits per heavy atom. The molecule has 21 heavy (non-hydrogen) atoms. The first-order valence-electron chi connectivity index (χ1n) is 6.09. The Bertz CT molecular complexity index is 678. The molecule has 0 amide bonds. The molecule has 0 aliphatic rings. The van der Waals surface area contributed by atoms with Crippen LogP contribution >= 0.6 is 11.3 Å². The van der Waals surface area contributed by atoms with E-state index in [1.807, 2.05) is 0 Å². The maximum atomic E-state index is 13.9. The molecule has 0 unspecified atom stereocenters. The summed E-state index contributed by atoms with van der Waals surface area (Å²) in [5, 5.41) is 0. The highest BCUT2D eigenvalue weighted by atomic mass is 32.1. The normalized spacial score (nSPS) is 10.2. The Hall–Kier alpha value is -2.21. The number of rotatable bonds is 5. The van der Waals surface area contributed by atoms with Crippen molar-refractivity contribution in [1.29, 1.82) is 0 Å². The highest BCUT2D eigenvalue weighted by Gasteiger charge is 2.17. The lowest BCUT2D eigenvalue weighted by atomic mass is 10.1. The van der Waals surface area contributed by atoms with Crippen LogP contribution in [0.25, 0.3) is 0 Å². The highest BCUT2D eigenvalue weighted by molar-refractivity contribution is 7.14. The fourth-order valence-electron chi connectivity index (χ4n) is 1.75. The number of ether oxygens (including phenoxy) is 2. The summed E-state index contributed by atoms with van der Waals surface area (Å²) in [6.07, 6.45) is 0.0968. The van der Waals surface area contributed by atoms with E-state index in [4.69, 9.17) is 4.74 Å². The quantitative estimate of drug-likeness (QED) is 0.629. The van der Waals surface area contributed by atoms with E-state index < -0.39 is 11.6 Å². The number of carbonyl (C=O) groups is 2. The molecular formula is C15H13FO4S. The summed E-state index contributed by atoms with van der Waals surface area (Å²) in [5.41, 5.74) is -0.0257. The second-order valence-corrected chi connectivity index (χ2v) is 5.36. The van der Waals surface area contributed by atoms with Crippen LogP contribution in [0.4, 0.5) is 4.39 Å². The minimum absolute atomic E-state index is 0.0257. The molecule has 1 aromatic heterocycles. The number of thiophene rings is 1. The zero-order chi connectivity index (χ0) is 15.4. The summed E-state index contributed by atoms with van der Waals surface area (Å²) in [6, 6.07) is 7.32. The number of halogens is 1. The van der Waals surface area contributed by atoms with Gasteiger partial charge in [0.15, 0.2) is 0 Å². The summed E-state index contributed by atoms with van der Waals surface area (Å²) in [4.78, 5) is 24.5. The number of ketones is 1. The van der Waals surface area contributed by atoms with E-state index in [2.05, 4.69) is 4.74 Å². The Labute approximate surface area is 125 Å². The molecule has 4 nitrogen and oxygen atoms in total. The van der Waals surface area contributed by atoms with Crippen LogP contribution in [0.5, 0.6) is 5.75 Å². The zero-order valence-corrected chi connectivity index (χ0v) is 12.3. The standard InChI is InChI=1S/C15H13FO4S/c1-19-9-3-5-11(12(16)7-9)15(18)13-6-4-10(21-13)8-14(17)20-2/h3-7H,8H2,1-2H3. The number of hydrogen-bond acceptors (Lipinski definition) is 5. The first-order valence-corrected chi connectivity index (χ1v) is 6.90. The van der Waals surface area contributed by atoms with Gasteiger partial charge in [-0.05, 0) is 24.3 Å². The van der Waals surface area contributed by atoms with E-state index in [9.17, 15) is 14.0 Å². The number of esters is 1.